The first-order valence-corrected chi connectivity index (χ1v) is 7.02. The molecular weight excluding hydrogens is 271 g/mol. The minimum absolute atomic E-state index is 0.0220. The van der Waals surface area contributed by atoms with E-state index >= 15 is 0 Å². The lowest BCUT2D eigenvalue weighted by Crippen LogP contribution is -2.21. The van der Waals surface area contributed by atoms with Crippen LogP contribution >= 0.6 is 11.8 Å². The Morgan fingerprint density at radius 3 is 2.47 bits per heavy atom. The SMILES string of the molecule is C#CCSCCNC(C)c1ccc(C(F)(F)F)cc1. The topological polar surface area (TPSA) is 12.0 Å². The van der Waals surface area contributed by atoms with E-state index in [0.717, 1.165) is 30.0 Å². The Bertz CT molecular complexity index is 420. The van der Waals surface area contributed by atoms with Crippen molar-refractivity contribution in [2.24, 2.45) is 0 Å². The highest BCUT2D eigenvalue weighted by Gasteiger charge is 2.30. The van der Waals surface area contributed by atoms with Crippen molar-refractivity contribution in [1.82, 2.24) is 5.32 Å². The second kappa shape index (κ2) is 7.46. The molecule has 0 amide bonds. The average Bonchev–Trinajstić information content (AvgIpc) is 2.37. The Morgan fingerprint density at radius 2 is 1.95 bits per heavy atom. The number of terminal acetylenes is 1. The normalized spacial score (nSPS) is 13.0. The smallest absolute Gasteiger partial charge is 0.309 e. The van der Waals surface area contributed by atoms with Crippen LogP contribution in [0.25, 0.3) is 0 Å². The standard InChI is InChI=1S/C14H16F3NS/c1-3-9-19-10-8-18-11(2)12-4-6-13(7-5-12)14(15,16)17/h1,4-7,11,18H,8-10H2,2H3. The summed E-state index contributed by atoms with van der Waals surface area (Å²) in [6, 6.07) is 5.26. The predicted octanol–water partition coefficient (Wildman–Crippen LogP) is 3.72. The molecule has 0 fully saturated rings. The van der Waals surface area contributed by atoms with Crippen LogP contribution in [0.2, 0.25) is 0 Å². The summed E-state index contributed by atoms with van der Waals surface area (Å²) in [5, 5.41) is 3.25. The molecule has 0 aromatic heterocycles. The van der Waals surface area contributed by atoms with Gasteiger partial charge in [0.2, 0.25) is 0 Å². The van der Waals surface area contributed by atoms with Gasteiger partial charge in [-0.2, -0.15) is 13.2 Å². The van der Waals surface area contributed by atoms with Crippen molar-refractivity contribution in [2.45, 2.75) is 19.1 Å². The summed E-state index contributed by atoms with van der Waals surface area (Å²) in [7, 11) is 0. The van der Waals surface area contributed by atoms with Crippen LogP contribution in [0.4, 0.5) is 13.2 Å². The van der Waals surface area contributed by atoms with Gasteiger partial charge < -0.3 is 5.32 Å². The third kappa shape index (κ3) is 5.58. The van der Waals surface area contributed by atoms with Gasteiger partial charge in [-0.15, -0.1) is 18.2 Å². The molecule has 0 aliphatic rings. The summed E-state index contributed by atoms with van der Waals surface area (Å²) in [4.78, 5) is 0. The van der Waals surface area contributed by atoms with Gasteiger partial charge >= 0.3 is 6.18 Å². The van der Waals surface area contributed by atoms with E-state index in [1.54, 1.807) is 11.8 Å². The number of rotatable bonds is 6. The fraction of sp³-hybridized carbons (Fsp3) is 0.429. The lowest BCUT2D eigenvalue weighted by atomic mass is 10.1. The maximum Gasteiger partial charge on any atom is 0.416 e. The van der Waals surface area contributed by atoms with E-state index in [4.69, 9.17) is 6.42 Å². The molecule has 0 saturated heterocycles. The van der Waals surface area contributed by atoms with E-state index < -0.39 is 11.7 Å². The molecule has 0 saturated carbocycles. The van der Waals surface area contributed by atoms with Crippen LogP contribution in [0.3, 0.4) is 0 Å². The fourth-order valence-electron chi connectivity index (χ4n) is 1.56. The number of alkyl halides is 3. The molecule has 0 aliphatic heterocycles. The third-order valence-electron chi connectivity index (χ3n) is 2.62. The van der Waals surface area contributed by atoms with Crippen LogP contribution < -0.4 is 5.32 Å². The molecule has 1 aromatic rings. The molecule has 0 bridgehead atoms. The summed E-state index contributed by atoms with van der Waals surface area (Å²) in [6.45, 7) is 2.70. The Morgan fingerprint density at radius 1 is 1.32 bits per heavy atom. The Labute approximate surface area is 116 Å². The van der Waals surface area contributed by atoms with Crippen molar-refractivity contribution in [3.63, 3.8) is 0 Å². The second-order valence-corrected chi connectivity index (χ2v) is 5.16. The minimum Gasteiger partial charge on any atom is -0.309 e. The summed E-state index contributed by atoms with van der Waals surface area (Å²) < 4.78 is 37.2. The molecule has 1 unspecified atom stereocenters. The van der Waals surface area contributed by atoms with E-state index in [2.05, 4.69) is 11.2 Å². The van der Waals surface area contributed by atoms with E-state index in [1.807, 2.05) is 6.92 Å². The molecular formula is C14H16F3NS. The highest BCUT2D eigenvalue weighted by molar-refractivity contribution is 7.99. The van der Waals surface area contributed by atoms with Crippen molar-refractivity contribution in [1.29, 1.82) is 0 Å². The second-order valence-electron chi connectivity index (χ2n) is 4.05. The molecule has 1 aromatic carbocycles. The molecule has 0 spiro atoms. The quantitative estimate of drug-likeness (QED) is 0.632. The molecule has 0 heterocycles. The maximum atomic E-state index is 12.4. The zero-order chi connectivity index (χ0) is 14.3. The highest BCUT2D eigenvalue weighted by atomic mass is 32.2. The molecule has 0 radical (unpaired) electrons. The van der Waals surface area contributed by atoms with Gasteiger partial charge in [-0.25, -0.2) is 0 Å². The van der Waals surface area contributed by atoms with Gasteiger partial charge in [-0.3, -0.25) is 0 Å². The Kier molecular flexibility index (Phi) is 6.26. The fourth-order valence-corrected chi connectivity index (χ4v) is 2.08. The number of hydrogen-bond acceptors (Lipinski definition) is 2. The van der Waals surface area contributed by atoms with Crippen LogP contribution in [0.5, 0.6) is 0 Å². The third-order valence-corrected chi connectivity index (χ3v) is 3.48. The van der Waals surface area contributed by atoms with Crippen LogP contribution in [-0.2, 0) is 6.18 Å². The first kappa shape index (κ1) is 15.9. The van der Waals surface area contributed by atoms with Crippen molar-refractivity contribution in [2.75, 3.05) is 18.1 Å². The molecule has 1 N–H and O–H groups in total. The van der Waals surface area contributed by atoms with E-state index in [9.17, 15) is 13.2 Å². The molecule has 5 heteroatoms. The van der Waals surface area contributed by atoms with Crippen LogP contribution in [-0.4, -0.2) is 18.1 Å². The first-order valence-electron chi connectivity index (χ1n) is 5.87. The van der Waals surface area contributed by atoms with Gasteiger partial charge in [0.05, 0.1) is 11.3 Å². The summed E-state index contributed by atoms with van der Waals surface area (Å²) in [6.07, 6.45) is 0.851. The minimum atomic E-state index is -4.28. The van der Waals surface area contributed by atoms with Crippen LogP contribution in [0, 0.1) is 12.3 Å². The van der Waals surface area contributed by atoms with Crippen molar-refractivity contribution < 1.29 is 13.2 Å². The molecule has 0 aliphatic carbocycles. The van der Waals surface area contributed by atoms with Gasteiger partial charge in [-0.1, -0.05) is 18.1 Å². The molecule has 104 valence electrons. The number of nitrogens with one attached hydrogen (secondary N) is 1. The molecule has 1 nitrogen and oxygen atoms in total. The van der Waals surface area contributed by atoms with Crippen LogP contribution in [0.15, 0.2) is 24.3 Å². The van der Waals surface area contributed by atoms with E-state index in [1.165, 1.54) is 12.1 Å². The zero-order valence-electron chi connectivity index (χ0n) is 10.6. The van der Waals surface area contributed by atoms with Crippen molar-refractivity contribution in [3.8, 4) is 12.3 Å². The van der Waals surface area contributed by atoms with Gasteiger partial charge in [0, 0.05) is 18.3 Å². The van der Waals surface area contributed by atoms with E-state index in [0.29, 0.717) is 5.75 Å². The zero-order valence-corrected chi connectivity index (χ0v) is 11.4. The number of halogens is 3. The Hall–Kier alpha value is -1.12. The van der Waals surface area contributed by atoms with Crippen molar-refractivity contribution >= 4 is 11.8 Å². The average molecular weight is 287 g/mol. The maximum absolute atomic E-state index is 12.4. The number of hydrogen-bond donors (Lipinski definition) is 1. The van der Waals surface area contributed by atoms with E-state index in [-0.39, 0.29) is 6.04 Å². The molecule has 1 rings (SSSR count). The summed E-state index contributed by atoms with van der Waals surface area (Å²) in [5.41, 5.74) is 0.225. The monoisotopic (exact) mass is 287 g/mol. The first-order chi connectivity index (χ1) is 8.95. The lowest BCUT2D eigenvalue weighted by Gasteiger charge is -2.15. The predicted molar refractivity (Wildman–Crippen MR) is 74.0 cm³/mol. The summed E-state index contributed by atoms with van der Waals surface area (Å²) >= 11 is 1.65. The summed E-state index contributed by atoms with van der Waals surface area (Å²) in [5.74, 6) is 4.10. The lowest BCUT2D eigenvalue weighted by molar-refractivity contribution is -0.137. The van der Waals surface area contributed by atoms with Crippen LogP contribution in [0.1, 0.15) is 24.1 Å². The number of benzene rings is 1. The van der Waals surface area contributed by atoms with Gasteiger partial charge in [0.1, 0.15) is 0 Å². The van der Waals surface area contributed by atoms with Gasteiger partial charge in [0.25, 0.3) is 0 Å². The molecule has 19 heavy (non-hydrogen) atoms. The largest absolute Gasteiger partial charge is 0.416 e. The van der Waals surface area contributed by atoms with Crippen molar-refractivity contribution in [3.05, 3.63) is 35.4 Å². The molecule has 1 atom stereocenters. The van der Waals surface area contributed by atoms with Gasteiger partial charge in [0.15, 0.2) is 0 Å². The highest BCUT2D eigenvalue weighted by Crippen LogP contribution is 2.29. The number of thioether (sulfide) groups is 1. The Balaban J connectivity index is 2.45. The van der Waals surface area contributed by atoms with Gasteiger partial charge in [-0.05, 0) is 24.6 Å².